The summed E-state index contributed by atoms with van der Waals surface area (Å²) < 4.78 is 29.2. The summed E-state index contributed by atoms with van der Waals surface area (Å²) in [6, 6.07) is 5.06. The second-order valence-electron chi connectivity index (χ2n) is 4.41. The van der Waals surface area contributed by atoms with Gasteiger partial charge >= 0.3 is 5.97 Å². The Hall–Kier alpha value is -1.36. The van der Waals surface area contributed by atoms with Crippen molar-refractivity contribution in [1.29, 1.82) is 0 Å². The first-order valence-corrected chi connectivity index (χ1v) is 8.03. The van der Waals surface area contributed by atoms with Gasteiger partial charge in [0, 0.05) is 0 Å². The highest BCUT2D eigenvalue weighted by Crippen LogP contribution is 2.20. The predicted octanol–water partition coefficient (Wildman–Crippen LogP) is 2.28. The lowest BCUT2D eigenvalue weighted by atomic mass is 10.1. The molecule has 0 atom stereocenters. The van der Waals surface area contributed by atoms with Crippen molar-refractivity contribution in [1.82, 2.24) is 0 Å². The molecule has 0 N–H and O–H groups in total. The second kappa shape index (κ2) is 6.70. The van der Waals surface area contributed by atoms with Crippen molar-refractivity contribution in [2.45, 2.75) is 38.5 Å². The number of esters is 1. The lowest BCUT2D eigenvalue weighted by molar-refractivity contribution is -0.142. The standard InChI is InChI=1S/C14H20O4S/c1-4-8-19(16,17)13-7-6-11(3)9-12(13)10-14(15)18-5-2/h6-7,9H,4-5,8,10H2,1-3H3. The van der Waals surface area contributed by atoms with E-state index < -0.39 is 15.8 Å². The minimum Gasteiger partial charge on any atom is -0.466 e. The fourth-order valence-electron chi connectivity index (χ4n) is 1.90. The summed E-state index contributed by atoms with van der Waals surface area (Å²) in [6.45, 7) is 5.70. The summed E-state index contributed by atoms with van der Waals surface area (Å²) in [6.07, 6.45) is 0.544. The van der Waals surface area contributed by atoms with Gasteiger partial charge in [0.15, 0.2) is 9.84 Å². The number of carbonyl (C=O) groups is 1. The maximum Gasteiger partial charge on any atom is 0.310 e. The normalized spacial score (nSPS) is 11.3. The summed E-state index contributed by atoms with van der Waals surface area (Å²) in [4.78, 5) is 11.8. The van der Waals surface area contributed by atoms with Crippen molar-refractivity contribution < 1.29 is 17.9 Å². The molecule has 0 aromatic heterocycles. The van der Waals surface area contributed by atoms with Crippen LogP contribution in [0.25, 0.3) is 0 Å². The van der Waals surface area contributed by atoms with Gasteiger partial charge in [-0.1, -0.05) is 24.6 Å². The Balaban J connectivity index is 3.15. The Morgan fingerprint density at radius 1 is 1.26 bits per heavy atom. The van der Waals surface area contributed by atoms with Gasteiger partial charge in [-0.15, -0.1) is 0 Å². The summed E-state index contributed by atoms with van der Waals surface area (Å²) in [7, 11) is -3.33. The Kier molecular flexibility index (Phi) is 5.54. The Morgan fingerprint density at radius 2 is 1.95 bits per heavy atom. The zero-order valence-corrected chi connectivity index (χ0v) is 12.4. The van der Waals surface area contributed by atoms with Gasteiger partial charge < -0.3 is 4.74 Å². The molecule has 0 aliphatic heterocycles. The molecule has 0 aliphatic rings. The van der Waals surface area contributed by atoms with E-state index in [9.17, 15) is 13.2 Å². The fourth-order valence-corrected chi connectivity index (χ4v) is 3.46. The SMILES string of the molecule is CCCS(=O)(=O)c1ccc(C)cc1CC(=O)OCC. The Bertz CT molecular complexity index is 547. The van der Waals surface area contributed by atoms with Crippen LogP contribution in [-0.2, 0) is 25.8 Å². The van der Waals surface area contributed by atoms with Crippen LogP contribution in [0.15, 0.2) is 23.1 Å². The minimum absolute atomic E-state index is 0.00615. The van der Waals surface area contributed by atoms with Crippen molar-refractivity contribution in [3.8, 4) is 0 Å². The first-order chi connectivity index (χ1) is 8.90. The molecule has 0 radical (unpaired) electrons. The summed E-state index contributed by atoms with van der Waals surface area (Å²) in [5.74, 6) is -0.313. The van der Waals surface area contributed by atoms with E-state index in [-0.39, 0.29) is 17.1 Å². The summed E-state index contributed by atoms with van der Waals surface area (Å²) >= 11 is 0. The van der Waals surface area contributed by atoms with E-state index in [1.807, 2.05) is 13.8 Å². The molecule has 0 unspecified atom stereocenters. The van der Waals surface area contributed by atoms with Gasteiger partial charge in [-0.2, -0.15) is 0 Å². The largest absolute Gasteiger partial charge is 0.466 e. The molecule has 4 nitrogen and oxygen atoms in total. The molecule has 1 rings (SSSR count). The van der Waals surface area contributed by atoms with Crippen molar-refractivity contribution in [3.63, 3.8) is 0 Å². The van der Waals surface area contributed by atoms with Crippen LogP contribution in [0.5, 0.6) is 0 Å². The zero-order valence-electron chi connectivity index (χ0n) is 11.6. The molecular weight excluding hydrogens is 264 g/mol. The molecule has 0 aliphatic carbocycles. The van der Waals surface area contributed by atoms with Crippen LogP contribution in [0.1, 0.15) is 31.4 Å². The van der Waals surface area contributed by atoms with E-state index in [2.05, 4.69) is 0 Å². The summed E-state index contributed by atoms with van der Waals surface area (Å²) in [5, 5.41) is 0. The van der Waals surface area contributed by atoms with E-state index in [0.717, 1.165) is 5.56 Å². The highest BCUT2D eigenvalue weighted by molar-refractivity contribution is 7.91. The average Bonchev–Trinajstić information content (AvgIpc) is 2.28. The molecule has 0 spiro atoms. The molecule has 1 aromatic carbocycles. The molecule has 0 saturated heterocycles. The summed E-state index contributed by atoms with van der Waals surface area (Å²) in [5.41, 5.74) is 1.45. The molecule has 5 heteroatoms. The lowest BCUT2D eigenvalue weighted by Gasteiger charge is -2.10. The minimum atomic E-state index is -3.33. The molecule has 0 amide bonds. The highest BCUT2D eigenvalue weighted by Gasteiger charge is 2.19. The lowest BCUT2D eigenvalue weighted by Crippen LogP contribution is -2.13. The van der Waals surface area contributed by atoms with Crippen LogP contribution in [0, 0.1) is 6.92 Å². The van der Waals surface area contributed by atoms with E-state index in [1.165, 1.54) is 0 Å². The maximum atomic E-state index is 12.2. The van der Waals surface area contributed by atoms with Crippen LogP contribution in [0.2, 0.25) is 0 Å². The molecule has 0 fully saturated rings. The van der Waals surface area contributed by atoms with Gasteiger partial charge in [-0.05, 0) is 31.9 Å². The van der Waals surface area contributed by atoms with Gasteiger partial charge in [0.1, 0.15) is 0 Å². The number of rotatable bonds is 6. The number of aryl methyl sites for hydroxylation is 1. The van der Waals surface area contributed by atoms with E-state index in [1.54, 1.807) is 25.1 Å². The average molecular weight is 284 g/mol. The van der Waals surface area contributed by atoms with Crippen LogP contribution < -0.4 is 0 Å². The molecule has 0 saturated carbocycles. The van der Waals surface area contributed by atoms with Crippen LogP contribution in [-0.4, -0.2) is 26.7 Å². The maximum absolute atomic E-state index is 12.2. The quantitative estimate of drug-likeness (QED) is 0.752. The third-order valence-corrected chi connectivity index (χ3v) is 4.68. The molecular formula is C14H20O4S. The number of sulfone groups is 1. The van der Waals surface area contributed by atoms with Crippen molar-refractivity contribution in [2.75, 3.05) is 12.4 Å². The molecule has 0 heterocycles. The predicted molar refractivity (Wildman–Crippen MR) is 73.9 cm³/mol. The number of hydrogen-bond donors (Lipinski definition) is 0. The first-order valence-electron chi connectivity index (χ1n) is 6.38. The van der Waals surface area contributed by atoms with Crippen molar-refractivity contribution in [3.05, 3.63) is 29.3 Å². The van der Waals surface area contributed by atoms with Gasteiger partial charge in [-0.25, -0.2) is 8.42 Å². The molecule has 106 valence electrons. The van der Waals surface area contributed by atoms with E-state index in [4.69, 9.17) is 4.74 Å². The number of hydrogen-bond acceptors (Lipinski definition) is 4. The second-order valence-corrected chi connectivity index (χ2v) is 6.49. The molecule has 0 bridgehead atoms. The first kappa shape index (κ1) is 15.7. The Labute approximate surface area is 114 Å². The van der Waals surface area contributed by atoms with Gasteiger partial charge in [0.25, 0.3) is 0 Å². The zero-order chi connectivity index (χ0) is 14.5. The number of benzene rings is 1. The Morgan fingerprint density at radius 3 is 2.53 bits per heavy atom. The third kappa shape index (κ3) is 4.35. The van der Waals surface area contributed by atoms with Gasteiger partial charge in [-0.3, -0.25) is 4.79 Å². The molecule has 1 aromatic rings. The van der Waals surface area contributed by atoms with Gasteiger partial charge in [0.05, 0.1) is 23.7 Å². The van der Waals surface area contributed by atoms with Crippen LogP contribution in [0.4, 0.5) is 0 Å². The highest BCUT2D eigenvalue weighted by atomic mass is 32.2. The van der Waals surface area contributed by atoms with Crippen LogP contribution in [0.3, 0.4) is 0 Å². The molecule has 19 heavy (non-hydrogen) atoms. The van der Waals surface area contributed by atoms with Crippen molar-refractivity contribution in [2.24, 2.45) is 0 Å². The number of carbonyl (C=O) groups excluding carboxylic acids is 1. The van der Waals surface area contributed by atoms with Gasteiger partial charge in [0.2, 0.25) is 0 Å². The smallest absolute Gasteiger partial charge is 0.310 e. The van der Waals surface area contributed by atoms with E-state index >= 15 is 0 Å². The monoisotopic (exact) mass is 284 g/mol. The topological polar surface area (TPSA) is 60.4 Å². The van der Waals surface area contributed by atoms with Crippen molar-refractivity contribution >= 4 is 15.8 Å². The third-order valence-electron chi connectivity index (χ3n) is 2.66. The van der Waals surface area contributed by atoms with E-state index in [0.29, 0.717) is 18.6 Å². The van der Waals surface area contributed by atoms with Crippen LogP contribution >= 0.6 is 0 Å². The number of ether oxygens (including phenoxy) is 1. The fraction of sp³-hybridized carbons (Fsp3) is 0.500.